The number of carbonyl (C=O) groups is 1. The number of nitrogens with zero attached hydrogens (tertiary/aromatic N) is 1. The highest BCUT2D eigenvalue weighted by Crippen LogP contribution is 2.20. The largest absolute Gasteiger partial charge is 0.508 e. The molecule has 0 bridgehead atoms. The highest BCUT2D eigenvalue weighted by Gasteiger charge is 2.09. The summed E-state index contributed by atoms with van der Waals surface area (Å²) in [7, 11) is 0. The average Bonchev–Trinajstić information content (AvgIpc) is 2.52. The molecule has 0 radical (unpaired) electrons. The first-order chi connectivity index (χ1) is 11.0. The van der Waals surface area contributed by atoms with Crippen molar-refractivity contribution in [2.24, 2.45) is 0 Å². The molecule has 1 amide bonds. The Morgan fingerprint density at radius 3 is 2.57 bits per heavy atom. The minimum atomic E-state index is -0.529. The van der Waals surface area contributed by atoms with Crippen LogP contribution in [0.25, 0.3) is 0 Å². The van der Waals surface area contributed by atoms with Crippen molar-refractivity contribution in [1.29, 1.82) is 5.26 Å². The van der Waals surface area contributed by atoms with Gasteiger partial charge in [-0.3, -0.25) is 4.79 Å². The van der Waals surface area contributed by atoms with Gasteiger partial charge in [-0.1, -0.05) is 11.6 Å². The number of phenols is 1. The van der Waals surface area contributed by atoms with Gasteiger partial charge in [0.15, 0.2) is 0 Å². The van der Waals surface area contributed by atoms with Crippen molar-refractivity contribution in [2.75, 3.05) is 10.6 Å². The van der Waals surface area contributed by atoms with Crippen LogP contribution in [0.2, 0.25) is 5.02 Å². The molecule has 23 heavy (non-hydrogen) atoms. The molecule has 0 unspecified atom stereocenters. The zero-order valence-electron chi connectivity index (χ0n) is 12.3. The summed E-state index contributed by atoms with van der Waals surface area (Å²) >= 11 is 5.78. The number of nitriles is 1. The quantitative estimate of drug-likeness (QED) is 0.453. The molecular weight excluding hydrogens is 314 g/mol. The van der Waals surface area contributed by atoms with Gasteiger partial charge in [0.1, 0.15) is 17.4 Å². The van der Waals surface area contributed by atoms with E-state index in [0.717, 1.165) is 5.56 Å². The summed E-state index contributed by atoms with van der Waals surface area (Å²) < 4.78 is 0. The van der Waals surface area contributed by atoms with Gasteiger partial charge in [-0.2, -0.15) is 5.26 Å². The van der Waals surface area contributed by atoms with E-state index in [1.807, 2.05) is 6.07 Å². The first kappa shape index (κ1) is 16.4. The summed E-state index contributed by atoms with van der Waals surface area (Å²) in [5.74, 6) is -0.378. The van der Waals surface area contributed by atoms with Gasteiger partial charge in [-0.15, -0.1) is 0 Å². The number of carbonyl (C=O) groups excluding carboxylic acids is 1. The Kier molecular flexibility index (Phi) is 5.23. The van der Waals surface area contributed by atoms with Gasteiger partial charge < -0.3 is 15.7 Å². The van der Waals surface area contributed by atoms with Gasteiger partial charge in [0.05, 0.1) is 0 Å². The second-order valence-corrected chi connectivity index (χ2v) is 5.21. The molecule has 0 aliphatic carbocycles. The number of hydrogen-bond donors (Lipinski definition) is 3. The molecule has 0 saturated carbocycles. The molecule has 0 atom stereocenters. The first-order valence-corrected chi connectivity index (χ1v) is 7.11. The molecule has 0 fully saturated rings. The Hall–Kier alpha value is -2.97. The second kappa shape index (κ2) is 7.34. The van der Waals surface area contributed by atoms with Crippen LogP contribution in [0.1, 0.15) is 5.56 Å². The standard InChI is InChI=1S/C17H14ClN3O2/c1-11-8-15(22)6-7-16(11)20-10-12(9-19)17(23)21-14-4-2-13(18)3-5-14/h2-8,10,20,22H,1H3,(H,21,23)/b12-10-. The molecule has 0 saturated heterocycles. The normalized spacial score (nSPS) is 10.7. The van der Waals surface area contributed by atoms with Crippen LogP contribution in [-0.4, -0.2) is 11.0 Å². The summed E-state index contributed by atoms with van der Waals surface area (Å²) in [4.78, 5) is 12.1. The molecule has 0 aliphatic rings. The summed E-state index contributed by atoms with van der Waals surface area (Å²) in [6.45, 7) is 1.80. The van der Waals surface area contributed by atoms with Crippen LogP contribution in [0, 0.1) is 18.3 Å². The number of halogens is 1. The molecule has 5 nitrogen and oxygen atoms in total. The molecule has 2 rings (SSSR count). The molecule has 2 aromatic rings. The fourth-order valence-corrected chi connectivity index (χ4v) is 1.97. The van der Waals surface area contributed by atoms with E-state index in [-0.39, 0.29) is 11.3 Å². The van der Waals surface area contributed by atoms with Gasteiger partial charge in [0, 0.05) is 22.6 Å². The molecule has 0 aliphatic heterocycles. The third kappa shape index (κ3) is 4.50. The Morgan fingerprint density at radius 2 is 1.96 bits per heavy atom. The van der Waals surface area contributed by atoms with E-state index in [2.05, 4.69) is 10.6 Å². The van der Waals surface area contributed by atoms with E-state index in [9.17, 15) is 9.90 Å². The fraction of sp³-hybridized carbons (Fsp3) is 0.0588. The molecular formula is C17H14ClN3O2. The minimum Gasteiger partial charge on any atom is -0.508 e. The monoisotopic (exact) mass is 327 g/mol. The molecule has 0 aromatic heterocycles. The van der Waals surface area contributed by atoms with Gasteiger partial charge in [-0.05, 0) is 55.0 Å². The highest BCUT2D eigenvalue weighted by atomic mass is 35.5. The third-order valence-electron chi connectivity index (χ3n) is 3.05. The number of benzene rings is 2. The van der Waals surface area contributed by atoms with Gasteiger partial charge in [0.25, 0.3) is 5.91 Å². The van der Waals surface area contributed by atoms with E-state index >= 15 is 0 Å². The van der Waals surface area contributed by atoms with Crippen LogP contribution in [0.3, 0.4) is 0 Å². The van der Waals surface area contributed by atoms with Crippen LogP contribution in [0.4, 0.5) is 11.4 Å². The van der Waals surface area contributed by atoms with Crippen molar-refractivity contribution in [3.8, 4) is 11.8 Å². The predicted octanol–water partition coefficient (Wildman–Crippen LogP) is 3.81. The zero-order valence-corrected chi connectivity index (χ0v) is 13.1. The zero-order chi connectivity index (χ0) is 16.8. The van der Waals surface area contributed by atoms with E-state index in [0.29, 0.717) is 16.4 Å². The summed E-state index contributed by atoms with van der Waals surface area (Å²) in [6, 6.07) is 13.2. The van der Waals surface area contributed by atoms with E-state index in [1.165, 1.54) is 12.3 Å². The molecule has 6 heteroatoms. The maximum Gasteiger partial charge on any atom is 0.267 e. The van der Waals surface area contributed by atoms with Gasteiger partial charge >= 0.3 is 0 Å². The average molecular weight is 328 g/mol. The number of phenolic OH excluding ortho intramolecular Hbond substituents is 1. The van der Waals surface area contributed by atoms with Crippen LogP contribution in [-0.2, 0) is 4.79 Å². The smallest absolute Gasteiger partial charge is 0.267 e. The highest BCUT2D eigenvalue weighted by molar-refractivity contribution is 6.30. The Bertz CT molecular complexity index is 792. The number of hydrogen-bond acceptors (Lipinski definition) is 4. The van der Waals surface area contributed by atoms with E-state index in [1.54, 1.807) is 43.3 Å². The number of aryl methyl sites for hydroxylation is 1. The van der Waals surface area contributed by atoms with Gasteiger partial charge in [-0.25, -0.2) is 0 Å². The number of aromatic hydroxyl groups is 1. The lowest BCUT2D eigenvalue weighted by Gasteiger charge is -2.07. The van der Waals surface area contributed by atoms with Crippen LogP contribution in [0.15, 0.2) is 54.2 Å². The van der Waals surface area contributed by atoms with Crippen LogP contribution < -0.4 is 10.6 Å². The predicted molar refractivity (Wildman–Crippen MR) is 90.2 cm³/mol. The molecule has 2 aromatic carbocycles. The third-order valence-corrected chi connectivity index (χ3v) is 3.30. The van der Waals surface area contributed by atoms with Gasteiger partial charge in [0.2, 0.25) is 0 Å². The minimum absolute atomic E-state index is 0.0765. The van der Waals surface area contributed by atoms with Crippen LogP contribution in [0.5, 0.6) is 5.75 Å². The SMILES string of the molecule is Cc1cc(O)ccc1N/C=C(/C#N)C(=O)Nc1ccc(Cl)cc1. The number of amides is 1. The van der Waals surface area contributed by atoms with Crippen molar-refractivity contribution >= 4 is 28.9 Å². The van der Waals surface area contributed by atoms with Crippen molar-refractivity contribution in [3.63, 3.8) is 0 Å². The Labute approximate surface area is 138 Å². The van der Waals surface area contributed by atoms with E-state index < -0.39 is 5.91 Å². The number of rotatable bonds is 4. The van der Waals surface area contributed by atoms with Crippen LogP contribution >= 0.6 is 11.6 Å². The van der Waals surface area contributed by atoms with Crippen molar-refractivity contribution in [3.05, 3.63) is 64.8 Å². The first-order valence-electron chi connectivity index (χ1n) is 6.73. The Balaban J connectivity index is 2.10. The number of nitrogens with one attached hydrogen (secondary N) is 2. The lowest BCUT2D eigenvalue weighted by molar-refractivity contribution is -0.112. The lowest BCUT2D eigenvalue weighted by atomic mass is 10.2. The summed E-state index contributed by atoms with van der Waals surface area (Å²) in [5.41, 5.74) is 1.94. The maximum absolute atomic E-state index is 12.1. The Morgan fingerprint density at radius 1 is 1.26 bits per heavy atom. The molecule has 3 N–H and O–H groups in total. The number of anilines is 2. The topological polar surface area (TPSA) is 85.2 Å². The molecule has 116 valence electrons. The summed E-state index contributed by atoms with van der Waals surface area (Å²) in [6.07, 6.45) is 1.32. The van der Waals surface area contributed by atoms with E-state index in [4.69, 9.17) is 16.9 Å². The van der Waals surface area contributed by atoms with Crippen molar-refractivity contribution in [2.45, 2.75) is 6.92 Å². The second-order valence-electron chi connectivity index (χ2n) is 4.77. The van der Waals surface area contributed by atoms with Crippen molar-refractivity contribution < 1.29 is 9.90 Å². The maximum atomic E-state index is 12.1. The lowest BCUT2D eigenvalue weighted by Crippen LogP contribution is -2.14. The molecule has 0 spiro atoms. The molecule has 0 heterocycles. The van der Waals surface area contributed by atoms with Crippen molar-refractivity contribution in [1.82, 2.24) is 0 Å². The summed E-state index contributed by atoms with van der Waals surface area (Å²) in [5, 5.41) is 24.6. The fourth-order valence-electron chi connectivity index (χ4n) is 1.84.